The first kappa shape index (κ1) is 14.3. The number of hydrogen-bond donors (Lipinski definition) is 1. The van der Waals surface area contributed by atoms with Crippen molar-refractivity contribution in [1.82, 2.24) is 15.1 Å². The third-order valence-electron chi connectivity index (χ3n) is 4.82. The lowest BCUT2D eigenvalue weighted by Crippen LogP contribution is -2.58. The first-order chi connectivity index (χ1) is 8.60. The lowest BCUT2D eigenvalue weighted by molar-refractivity contribution is 0.0590. The van der Waals surface area contributed by atoms with Crippen LogP contribution in [0.5, 0.6) is 0 Å². The molecular weight excluding hydrogens is 222 g/mol. The van der Waals surface area contributed by atoms with Crippen molar-refractivity contribution in [3.8, 4) is 0 Å². The van der Waals surface area contributed by atoms with Gasteiger partial charge < -0.3 is 10.2 Å². The summed E-state index contributed by atoms with van der Waals surface area (Å²) in [4.78, 5) is 5.41. The summed E-state index contributed by atoms with van der Waals surface area (Å²) >= 11 is 0. The molecule has 3 atom stereocenters. The van der Waals surface area contributed by atoms with Gasteiger partial charge in [0.1, 0.15) is 0 Å². The molecule has 0 aromatic carbocycles. The van der Waals surface area contributed by atoms with Crippen LogP contribution in [0.25, 0.3) is 0 Å². The Hall–Kier alpha value is -0.120. The second kappa shape index (κ2) is 6.36. The molecule has 0 bridgehead atoms. The lowest BCUT2D eigenvalue weighted by Gasteiger charge is -2.45. The average molecular weight is 253 g/mol. The Labute approximate surface area is 113 Å². The Bertz CT molecular complexity index is 238. The van der Waals surface area contributed by atoms with Gasteiger partial charge >= 0.3 is 0 Å². The van der Waals surface area contributed by atoms with Crippen molar-refractivity contribution < 1.29 is 0 Å². The van der Waals surface area contributed by atoms with Gasteiger partial charge in [-0.25, -0.2) is 0 Å². The monoisotopic (exact) mass is 253 g/mol. The summed E-state index contributed by atoms with van der Waals surface area (Å²) in [6.07, 6.45) is 4.01. The highest BCUT2D eigenvalue weighted by Crippen LogP contribution is 2.21. The van der Waals surface area contributed by atoms with E-state index < -0.39 is 0 Å². The molecule has 0 aliphatic carbocycles. The van der Waals surface area contributed by atoms with Gasteiger partial charge in [-0.2, -0.15) is 0 Å². The Morgan fingerprint density at radius 1 is 1.11 bits per heavy atom. The van der Waals surface area contributed by atoms with E-state index in [9.17, 15) is 0 Å². The summed E-state index contributed by atoms with van der Waals surface area (Å²) in [5.41, 5.74) is 0. The summed E-state index contributed by atoms with van der Waals surface area (Å²) in [6, 6.07) is 2.91. The fraction of sp³-hybridized carbons (Fsp3) is 1.00. The predicted octanol–water partition coefficient (Wildman–Crippen LogP) is 1.93. The van der Waals surface area contributed by atoms with Crippen molar-refractivity contribution in [1.29, 1.82) is 0 Å². The van der Waals surface area contributed by atoms with E-state index in [0.717, 1.165) is 12.1 Å². The number of nitrogens with one attached hydrogen (secondary N) is 1. The molecule has 2 aliphatic rings. The smallest absolute Gasteiger partial charge is 0.0169 e. The van der Waals surface area contributed by atoms with Crippen molar-refractivity contribution in [3.05, 3.63) is 0 Å². The van der Waals surface area contributed by atoms with Crippen molar-refractivity contribution in [2.24, 2.45) is 0 Å². The summed E-state index contributed by atoms with van der Waals surface area (Å²) in [6.45, 7) is 14.4. The molecule has 3 nitrogen and oxygen atoms in total. The third-order valence-corrected chi connectivity index (χ3v) is 4.82. The molecule has 0 aromatic rings. The van der Waals surface area contributed by atoms with Gasteiger partial charge in [-0.05, 0) is 53.1 Å². The Balaban J connectivity index is 1.82. The molecule has 2 aliphatic heterocycles. The maximum absolute atomic E-state index is 3.63. The molecule has 2 saturated heterocycles. The van der Waals surface area contributed by atoms with Crippen molar-refractivity contribution >= 4 is 0 Å². The van der Waals surface area contributed by atoms with E-state index in [2.05, 4.69) is 42.8 Å². The molecule has 0 saturated carbocycles. The zero-order valence-electron chi connectivity index (χ0n) is 12.7. The molecule has 1 N–H and O–H groups in total. The van der Waals surface area contributed by atoms with Gasteiger partial charge in [-0.3, -0.25) is 4.90 Å². The van der Waals surface area contributed by atoms with Gasteiger partial charge in [0.05, 0.1) is 0 Å². The Kier molecular flexibility index (Phi) is 5.05. The lowest BCUT2D eigenvalue weighted by atomic mass is 9.98. The summed E-state index contributed by atoms with van der Waals surface area (Å²) in [5, 5.41) is 3.63. The summed E-state index contributed by atoms with van der Waals surface area (Å²) < 4.78 is 0. The number of nitrogens with zero attached hydrogens (tertiary/aromatic N) is 2. The first-order valence-corrected chi connectivity index (χ1v) is 7.84. The number of likely N-dealkylation sites (tertiary alicyclic amines) is 1. The highest BCUT2D eigenvalue weighted by molar-refractivity contribution is 4.88. The van der Waals surface area contributed by atoms with E-state index in [0.29, 0.717) is 12.1 Å². The highest BCUT2D eigenvalue weighted by Gasteiger charge is 2.30. The SMILES string of the molecule is CCC(C)N1CCC(N2CC(C)NC(C)C2)CC1. The third kappa shape index (κ3) is 3.46. The molecule has 0 spiro atoms. The summed E-state index contributed by atoms with van der Waals surface area (Å²) in [7, 11) is 0. The minimum absolute atomic E-state index is 0.654. The quantitative estimate of drug-likeness (QED) is 0.829. The van der Waals surface area contributed by atoms with Gasteiger partial charge in [-0.15, -0.1) is 0 Å². The van der Waals surface area contributed by atoms with Crippen LogP contribution >= 0.6 is 0 Å². The van der Waals surface area contributed by atoms with Crippen molar-refractivity contribution in [2.45, 2.75) is 71.1 Å². The van der Waals surface area contributed by atoms with Crippen LogP contribution in [0.4, 0.5) is 0 Å². The van der Waals surface area contributed by atoms with E-state index >= 15 is 0 Å². The van der Waals surface area contributed by atoms with Crippen LogP contribution in [0.2, 0.25) is 0 Å². The largest absolute Gasteiger partial charge is 0.309 e. The van der Waals surface area contributed by atoms with E-state index in [1.165, 1.54) is 45.4 Å². The molecule has 0 amide bonds. The van der Waals surface area contributed by atoms with Crippen LogP contribution in [0, 0.1) is 0 Å². The first-order valence-electron chi connectivity index (χ1n) is 7.84. The number of rotatable bonds is 3. The molecule has 3 heteroatoms. The number of hydrogen-bond acceptors (Lipinski definition) is 3. The van der Waals surface area contributed by atoms with Gasteiger partial charge in [0.2, 0.25) is 0 Å². The Morgan fingerprint density at radius 3 is 2.17 bits per heavy atom. The van der Waals surface area contributed by atoms with Crippen LogP contribution < -0.4 is 5.32 Å². The molecule has 106 valence electrons. The zero-order valence-corrected chi connectivity index (χ0v) is 12.7. The maximum atomic E-state index is 3.63. The summed E-state index contributed by atoms with van der Waals surface area (Å²) in [5.74, 6) is 0. The zero-order chi connectivity index (χ0) is 13.1. The van der Waals surface area contributed by atoms with E-state index in [1.807, 2.05) is 0 Å². The minimum Gasteiger partial charge on any atom is -0.309 e. The molecule has 18 heavy (non-hydrogen) atoms. The van der Waals surface area contributed by atoms with Crippen LogP contribution in [0.15, 0.2) is 0 Å². The second-order valence-electron chi connectivity index (χ2n) is 6.45. The minimum atomic E-state index is 0.654. The maximum Gasteiger partial charge on any atom is 0.0169 e. The standard InChI is InChI=1S/C15H31N3/c1-5-14(4)17-8-6-15(7-9-17)18-10-12(2)16-13(3)11-18/h12-16H,5-11H2,1-4H3. The van der Waals surface area contributed by atoms with Crippen LogP contribution in [0.3, 0.4) is 0 Å². The van der Waals surface area contributed by atoms with Gasteiger partial charge in [-0.1, -0.05) is 6.92 Å². The van der Waals surface area contributed by atoms with Crippen molar-refractivity contribution in [3.63, 3.8) is 0 Å². The number of piperazine rings is 1. The van der Waals surface area contributed by atoms with Crippen LogP contribution in [0.1, 0.15) is 47.0 Å². The second-order valence-corrected chi connectivity index (χ2v) is 6.45. The average Bonchev–Trinajstić information content (AvgIpc) is 2.37. The molecule has 2 rings (SSSR count). The van der Waals surface area contributed by atoms with E-state index in [1.54, 1.807) is 0 Å². The Morgan fingerprint density at radius 2 is 1.67 bits per heavy atom. The molecule has 2 heterocycles. The fourth-order valence-corrected chi connectivity index (χ4v) is 3.62. The molecule has 0 radical (unpaired) electrons. The van der Waals surface area contributed by atoms with Crippen LogP contribution in [-0.4, -0.2) is 60.1 Å². The molecule has 0 aromatic heterocycles. The van der Waals surface area contributed by atoms with Gasteiger partial charge in [0.15, 0.2) is 0 Å². The van der Waals surface area contributed by atoms with E-state index in [-0.39, 0.29) is 0 Å². The molecular formula is C15H31N3. The predicted molar refractivity (Wildman–Crippen MR) is 78.0 cm³/mol. The van der Waals surface area contributed by atoms with Crippen molar-refractivity contribution in [2.75, 3.05) is 26.2 Å². The van der Waals surface area contributed by atoms with Gasteiger partial charge in [0.25, 0.3) is 0 Å². The topological polar surface area (TPSA) is 18.5 Å². The normalized spacial score (nSPS) is 34.7. The molecule has 3 unspecified atom stereocenters. The molecule has 2 fully saturated rings. The number of piperidine rings is 1. The fourth-order valence-electron chi connectivity index (χ4n) is 3.62. The van der Waals surface area contributed by atoms with Crippen LogP contribution in [-0.2, 0) is 0 Å². The van der Waals surface area contributed by atoms with E-state index in [4.69, 9.17) is 0 Å². The highest BCUT2D eigenvalue weighted by atomic mass is 15.3. The van der Waals surface area contributed by atoms with Gasteiger partial charge in [0, 0.05) is 37.3 Å².